The first-order valence-corrected chi connectivity index (χ1v) is 8.72. The largest absolute Gasteiger partial charge is 0.491 e. The Kier molecular flexibility index (Phi) is 8.23. The summed E-state index contributed by atoms with van der Waals surface area (Å²) in [7, 11) is 0. The molecule has 0 spiro atoms. The predicted octanol–water partition coefficient (Wildman–Crippen LogP) is 3.25. The van der Waals surface area contributed by atoms with Crippen LogP contribution in [0.15, 0.2) is 60.7 Å². The molecule has 0 radical (unpaired) electrons. The van der Waals surface area contributed by atoms with E-state index in [2.05, 4.69) is 5.32 Å². The van der Waals surface area contributed by atoms with E-state index in [9.17, 15) is 9.59 Å². The average Bonchev–Trinajstić information content (AvgIpc) is 2.72. The Labute approximate surface area is 167 Å². The van der Waals surface area contributed by atoms with Crippen LogP contribution in [-0.2, 0) is 9.53 Å². The lowest BCUT2D eigenvalue weighted by molar-refractivity contribution is -0.131. The van der Waals surface area contributed by atoms with E-state index in [1.54, 1.807) is 48.5 Å². The van der Waals surface area contributed by atoms with Crippen molar-refractivity contribution in [3.8, 4) is 11.8 Å². The van der Waals surface area contributed by atoms with E-state index in [-0.39, 0.29) is 19.6 Å². The number of anilines is 1. The predicted molar refractivity (Wildman–Crippen MR) is 104 cm³/mol. The number of hydrogen-bond acceptors (Lipinski definition) is 6. The summed E-state index contributed by atoms with van der Waals surface area (Å²) in [5, 5.41) is 29.0. The van der Waals surface area contributed by atoms with Crippen LogP contribution in [0.1, 0.15) is 23.7 Å². The van der Waals surface area contributed by atoms with Gasteiger partial charge in [0.05, 0.1) is 18.2 Å². The number of aliphatic hydroxyl groups excluding tert-OH is 1. The minimum atomic E-state index is -1.10. The number of aliphatic hydroxyl groups is 1. The van der Waals surface area contributed by atoms with Crippen molar-refractivity contribution in [2.75, 3.05) is 18.5 Å². The zero-order chi connectivity index (χ0) is 21.1. The van der Waals surface area contributed by atoms with Crippen molar-refractivity contribution < 1.29 is 29.3 Å². The lowest BCUT2D eigenvalue weighted by Crippen LogP contribution is -2.17. The van der Waals surface area contributed by atoms with E-state index < -0.39 is 18.2 Å². The summed E-state index contributed by atoms with van der Waals surface area (Å²) in [5.74, 6) is -0.553. The summed E-state index contributed by atoms with van der Waals surface area (Å²) in [6.45, 7) is 0.0522. The quantitative estimate of drug-likeness (QED) is 0.555. The number of carboxylic acids is 1. The molecule has 0 aliphatic carbocycles. The molecule has 2 aromatic rings. The first kappa shape index (κ1) is 21.5. The van der Waals surface area contributed by atoms with Gasteiger partial charge in [0.15, 0.2) is 0 Å². The highest BCUT2D eigenvalue weighted by Gasteiger charge is 2.16. The van der Waals surface area contributed by atoms with Crippen molar-refractivity contribution in [1.82, 2.24) is 0 Å². The van der Waals surface area contributed by atoms with Gasteiger partial charge in [-0.15, -0.1) is 0 Å². The maximum atomic E-state index is 12.3. The van der Waals surface area contributed by atoms with Crippen molar-refractivity contribution in [1.29, 1.82) is 5.26 Å². The molecule has 0 unspecified atom stereocenters. The summed E-state index contributed by atoms with van der Waals surface area (Å²) >= 11 is 0. The second-order valence-electron chi connectivity index (χ2n) is 5.83. The Morgan fingerprint density at radius 2 is 1.83 bits per heavy atom. The molecule has 0 aliphatic rings. The SMILES string of the molecule is N#Cc1ccc(NC(=O)O[C@@H](C/C=C/C(=O)O)c2ccc(OCCO)cc2)cc1. The Morgan fingerprint density at radius 1 is 1.14 bits per heavy atom. The number of carboxylic acid groups (broad SMARTS) is 1. The molecule has 0 fully saturated rings. The molecule has 8 heteroatoms. The van der Waals surface area contributed by atoms with Gasteiger partial charge in [-0.1, -0.05) is 18.2 Å². The van der Waals surface area contributed by atoms with Gasteiger partial charge < -0.3 is 19.7 Å². The molecule has 3 N–H and O–H groups in total. The number of hydrogen-bond donors (Lipinski definition) is 3. The highest BCUT2D eigenvalue weighted by atomic mass is 16.6. The van der Waals surface area contributed by atoms with Crippen molar-refractivity contribution in [3.05, 3.63) is 71.8 Å². The van der Waals surface area contributed by atoms with Gasteiger partial charge in [0.1, 0.15) is 18.5 Å². The number of aliphatic carboxylic acids is 1. The number of carbonyl (C=O) groups is 2. The number of nitrogens with one attached hydrogen (secondary N) is 1. The molecule has 0 bridgehead atoms. The van der Waals surface area contributed by atoms with Crippen LogP contribution in [0.3, 0.4) is 0 Å². The van der Waals surface area contributed by atoms with Gasteiger partial charge in [0, 0.05) is 18.2 Å². The minimum absolute atomic E-state index is 0.108. The van der Waals surface area contributed by atoms with Crippen LogP contribution >= 0.6 is 0 Å². The maximum absolute atomic E-state index is 12.3. The Balaban J connectivity index is 2.08. The fourth-order valence-electron chi connectivity index (χ4n) is 2.39. The van der Waals surface area contributed by atoms with Gasteiger partial charge in [-0.05, 0) is 42.0 Å². The number of carbonyl (C=O) groups excluding carboxylic acids is 1. The van der Waals surface area contributed by atoms with Gasteiger partial charge >= 0.3 is 12.1 Å². The number of amides is 1. The molecule has 150 valence electrons. The molecule has 2 rings (SSSR count). The molecule has 1 atom stereocenters. The van der Waals surface area contributed by atoms with Crippen molar-refractivity contribution in [3.63, 3.8) is 0 Å². The van der Waals surface area contributed by atoms with Gasteiger partial charge in [-0.25, -0.2) is 9.59 Å². The van der Waals surface area contributed by atoms with Crippen LogP contribution in [0.5, 0.6) is 5.75 Å². The molecule has 8 nitrogen and oxygen atoms in total. The van der Waals surface area contributed by atoms with Crippen LogP contribution < -0.4 is 10.1 Å². The molecule has 0 saturated heterocycles. The van der Waals surface area contributed by atoms with Crippen LogP contribution in [-0.4, -0.2) is 35.5 Å². The minimum Gasteiger partial charge on any atom is -0.491 e. The molecule has 0 saturated carbocycles. The van der Waals surface area contributed by atoms with Crippen LogP contribution in [0.4, 0.5) is 10.5 Å². The average molecular weight is 396 g/mol. The van der Waals surface area contributed by atoms with E-state index in [4.69, 9.17) is 24.9 Å². The number of benzene rings is 2. The first-order valence-electron chi connectivity index (χ1n) is 8.72. The van der Waals surface area contributed by atoms with Crippen LogP contribution in [0.2, 0.25) is 0 Å². The summed E-state index contributed by atoms with van der Waals surface area (Å²) < 4.78 is 10.8. The normalized spacial score (nSPS) is 11.4. The number of rotatable bonds is 9. The van der Waals surface area contributed by atoms with E-state index >= 15 is 0 Å². The number of nitriles is 1. The van der Waals surface area contributed by atoms with E-state index in [1.165, 1.54) is 6.08 Å². The first-order chi connectivity index (χ1) is 14.0. The van der Waals surface area contributed by atoms with Gasteiger partial charge in [-0.3, -0.25) is 5.32 Å². The van der Waals surface area contributed by atoms with E-state index in [0.717, 1.165) is 6.08 Å². The lowest BCUT2D eigenvalue weighted by atomic mass is 10.1. The summed E-state index contributed by atoms with van der Waals surface area (Å²) in [4.78, 5) is 23.0. The highest BCUT2D eigenvalue weighted by molar-refractivity contribution is 5.84. The lowest BCUT2D eigenvalue weighted by Gasteiger charge is -2.18. The fraction of sp³-hybridized carbons (Fsp3) is 0.190. The second-order valence-corrected chi connectivity index (χ2v) is 5.83. The number of ether oxygens (including phenoxy) is 2. The molecular weight excluding hydrogens is 376 g/mol. The third kappa shape index (κ3) is 7.36. The fourth-order valence-corrected chi connectivity index (χ4v) is 2.39. The van der Waals surface area contributed by atoms with Crippen LogP contribution in [0.25, 0.3) is 0 Å². The summed E-state index contributed by atoms with van der Waals surface area (Å²) in [5.41, 5.74) is 1.57. The van der Waals surface area contributed by atoms with E-state index in [0.29, 0.717) is 22.6 Å². The third-order valence-electron chi connectivity index (χ3n) is 3.73. The molecule has 0 aromatic heterocycles. The van der Waals surface area contributed by atoms with Crippen molar-refractivity contribution in [2.24, 2.45) is 0 Å². The molecule has 0 aliphatic heterocycles. The summed E-state index contributed by atoms with van der Waals surface area (Å²) in [6, 6.07) is 15.0. The van der Waals surface area contributed by atoms with Crippen LogP contribution in [0, 0.1) is 11.3 Å². The highest BCUT2D eigenvalue weighted by Crippen LogP contribution is 2.25. The Morgan fingerprint density at radius 3 is 2.41 bits per heavy atom. The Bertz CT molecular complexity index is 885. The van der Waals surface area contributed by atoms with Gasteiger partial charge in [0.2, 0.25) is 0 Å². The van der Waals surface area contributed by atoms with Crippen molar-refractivity contribution >= 4 is 17.7 Å². The number of nitrogens with zero attached hydrogens (tertiary/aromatic N) is 1. The molecule has 29 heavy (non-hydrogen) atoms. The molecule has 2 aromatic carbocycles. The molecule has 1 amide bonds. The van der Waals surface area contributed by atoms with Gasteiger partial charge in [0.25, 0.3) is 0 Å². The Hall–Kier alpha value is -3.83. The monoisotopic (exact) mass is 396 g/mol. The topological polar surface area (TPSA) is 129 Å². The van der Waals surface area contributed by atoms with Crippen molar-refractivity contribution in [2.45, 2.75) is 12.5 Å². The van der Waals surface area contributed by atoms with E-state index in [1.807, 2.05) is 6.07 Å². The zero-order valence-corrected chi connectivity index (χ0v) is 15.4. The molecular formula is C21H20N2O6. The van der Waals surface area contributed by atoms with Gasteiger partial charge in [-0.2, -0.15) is 5.26 Å². The molecule has 0 heterocycles. The third-order valence-corrected chi connectivity index (χ3v) is 3.73. The zero-order valence-electron chi connectivity index (χ0n) is 15.4. The summed E-state index contributed by atoms with van der Waals surface area (Å²) in [6.07, 6.45) is 1.09. The standard InChI is InChI=1S/C21H20N2O6/c22-14-15-4-8-17(9-5-15)23-21(27)29-19(2-1-3-20(25)26)16-6-10-18(11-7-16)28-13-12-24/h1,3-11,19,24H,2,12-13H2,(H,23,27)(H,25,26)/b3-1+/t19-/m0/s1. The maximum Gasteiger partial charge on any atom is 0.412 e. The second kappa shape index (κ2) is 11.1. The smallest absolute Gasteiger partial charge is 0.412 e.